The summed E-state index contributed by atoms with van der Waals surface area (Å²) in [4.78, 5) is 12.5. The summed E-state index contributed by atoms with van der Waals surface area (Å²) >= 11 is 0. The van der Waals surface area contributed by atoms with Crippen LogP contribution in [-0.4, -0.2) is 12.4 Å². The lowest BCUT2D eigenvalue weighted by Crippen LogP contribution is -2.03. The maximum Gasteiger partial charge on any atom is 0.193 e. The van der Waals surface area contributed by atoms with Gasteiger partial charge in [0.25, 0.3) is 0 Å². The highest BCUT2D eigenvalue weighted by atomic mass is 16.5. The minimum absolute atomic E-state index is 0.0437. The molecule has 0 unspecified atom stereocenters. The van der Waals surface area contributed by atoms with Gasteiger partial charge in [0.1, 0.15) is 5.75 Å². The van der Waals surface area contributed by atoms with E-state index in [4.69, 9.17) is 4.74 Å². The molecule has 2 heteroatoms. The van der Waals surface area contributed by atoms with Crippen molar-refractivity contribution in [1.29, 1.82) is 0 Å². The maximum atomic E-state index is 12.5. The zero-order valence-electron chi connectivity index (χ0n) is 12.1. The average Bonchev–Trinajstić information content (AvgIpc) is 2.52. The lowest BCUT2D eigenvalue weighted by Gasteiger charge is -2.07. The molecule has 0 atom stereocenters. The molecule has 0 bridgehead atoms. The third kappa shape index (κ3) is 3.47. The summed E-state index contributed by atoms with van der Waals surface area (Å²) in [5.41, 5.74) is 2.58. The van der Waals surface area contributed by atoms with E-state index in [2.05, 4.69) is 13.8 Å². The van der Waals surface area contributed by atoms with Crippen LogP contribution in [-0.2, 0) is 6.42 Å². The lowest BCUT2D eigenvalue weighted by atomic mass is 10.0. The van der Waals surface area contributed by atoms with Gasteiger partial charge in [-0.05, 0) is 36.6 Å². The van der Waals surface area contributed by atoms with E-state index >= 15 is 0 Å². The number of carbonyl (C=O) groups excluding carboxylic acids is 1. The minimum atomic E-state index is 0.0437. The molecule has 2 aromatic rings. The first-order valence-corrected chi connectivity index (χ1v) is 7.11. The van der Waals surface area contributed by atoms with E-state index in [0.717, 1.165) is 24.2 Å². The number of ketones is 1. The molecule has 0 saturated heterocycles. The van der Waals surface area contributed by atoms with Crippen LogP contribution >= 0.6 is 0 Å². The van der Waals surface area contributed by atoms with E-state index in [1.807, 2.05) is 48.5 Å². The highest BCUT2D eigenvalue weighted by molar-refractivity contribution is 6.09. The van der Waals surface area contributed by atoms with E-state index in [1.54, 1.807) is 0 Å². The highest BCUT2D eigenvalue weighted by Gasteiger charge is 2.10. The largest absolute Gasteiger partial charge is 0.494 e. The van der Waals surface area contributed by atoms with Crippen LogP contribution in [0.25, 0.3) is 0 Å². The van der Waals surface area contributed by atoms with Crippen LogP contribution in [0.2, 0.25) is 0 Å². The van der Waals surface area contributed by atoms with Gasteiger partial charge in [-0.2, -0.15) is 0 Å². The average molecular weight is 268 g/mol. The third-order valence-electron chi connectivity index (χ3n) is 3.17. The van der Waals surface area contributed by atoms with E-state index in [1.165, 1.54) is 5.56 Å². The number of aryl methyl sites for hydroxylation is 1. The van der Waals surface area contributed by atoms with Crippen LogP contribution in [0.5, 0.6) is 5.75 Å². The number of carbonyl (C=O) groups is 1. The van der Waals surface area contributed by atoms with Crippen molar-refractivity contribution in [3.8, 4) is 5.75 Å². The van der Waals surface area contributed by atoms with E-state index in [-0.39, 0.29) is 5.78 Å². The van der Waals surface area contributed by atoms with Crippen molar-refractivity contribution in [2.75, 3.05) is 6.61 Å². The summed E-state index contributed by atoms with van der Waals surface area (Å²) in [6, 6.07) is 15.2. The Morgan fingerprint density at radius 1 is 1.00 bits per heavy atom. The second-order valence-electron chi connectivity index (χ2n) is 4.76. The molecule has 0 fully saturated rings. The van der Waals surface area contributed by atoms with Crippen molar-refractivity contribution in [2.45, 2.75) is 26.7 Å². The van der Waals surface area contributed by atoms with E-state index < -0.39 is 0 Å². The highest BCUT2D eigenvalue weighted by Crippen LogP contribution is 2.18. The van der Waals surface area contributed by atoms with Crippen molar-refractivity contribution in [1.82, 2.24) is 0 Å². The normalized spacial score (nSPS) is 10.3. The van der Waals surface area contributed by atoms with Gasteiger partial charge in [-0.3, -0.25) is 4.79 Å². The summed E-state index contributed by atoms with van der Waals surface area (Å²) < 4.78 is 5.57. The lowest BCUT2D eigenvalue weighted by molar-refractivity contribution is 0.103. The molecule has 0 aliphatic carbocycles. The summed E-state index contributed by atoms with van der Waals surface area (Å²) in [6.07, 6.45) is 1.89. The Hall–Kier alpha value is -2.09. The zero-order chi connectivity index (χ0) is 14.4. The van der Waals surface area contributed by atoms with Crippen molar-refractivity contribution >= 4 is 5.78 Å². The quantitative estimate of drug-likeness (QED) is 0.731. The molecule has 2 nitrogen and oxygen atoms in total. The Kier molecular flexibility index (Phi) is 4.94. The number of hydrogen-bond acceptors (Lipinski definition) is 2. The molecule has 0 spiro atoms. The van der Waals surface area contributed by atoms with Gasteiger partial charge in [0.05, 0.1) is 6.61 Å². The van der Waals surface area contributed by atoms with Gasteiger partial charge >= 0.3 is 0 Å². The molecule has 20 heavy (non-hydrogen) atoms. The van der Waals surface area contributed by atoms with Crippen LogP contribution in [0.15, 0.2) is 48.5 Å². The molecule has 104 valence electrons. The second-order valence-corrected chi connectivity index (χ2v) is 4.76. The third-order valence-corrected chi connectivity index (χ3v) is 3.17. The first kappa shape index (κ1) is 14.3. The molecule has 0 N–H and O–H groups in total. The Morgan fingerprint density at radius 2 is 1.70 bits per heavy atom. The molecule has 0 radical (unpaired) electrons. The summed E-state index contributed by atoms with van der Waals surface area (Å²) in [7, 11) is 0. The molecular formula is C18H20O2. The molecule has 0 heterocycles. The van der Waals surface area contributed by atoms with Crippen molar-refractivity contribution in [3.05, 3.63) is 65.2 Å². The van der Waals surface area contributed by atoms with Gasteiger partial charge in [-0.1, -0.05) is 44.2 Å². The van der Waals surface area contributed by atoms with Crippen molar-refractivity contribution in [3.63, 3.8) is 0 Å². The molecule has 2 aromatic carbocycles. The minimum Gasteiger partial charge on any atom is -0.494 e. The molecule has 0 saturated carbocycles. The van der Waals surface area contributed by atoms with Crippen LogP contribution in [0.1, 0.15) is 41.8 Å². The standard InChI is InChI=1S/C18H20O2/c1-3-11-20-17-10-6-9-16(13-17)18(19)15-8-5-7-14(4-2)12-15/h5-10,12-13H,3-4,11H2,1-2H3. The van der Waals surface area contributed by atoms with Gasteiger partial charge in [0.2, 0.25) is 0 Å². The molecule has 0 aliphatic rings. The van der Waals surface area contributed by atoms with Crippen LogP contribution in [0, 0.1) is 0 Å². The molecule has 0 amide bonds. The first-order valence-electron chi connectivity index (χ1n) is 7.11. The van der Waals surface area contributed by atoms with Gasteiger partial charge < -0.3 is 4.74 Å². The summed E-state index contributed by atoms with van der Waals surface area (Å²) in [5, 5.41) is 0. The Balaban J connectivity index is 2.23. The molecule has 0 aromatic heterocycles. The smallest absolute Gasteiger partial charge is 0.193 e. The monoisotopic (exact) mass is 268 g/mol. The second kappa shape index (κ2) is 6.90. The van der Waals surface area contributed by atoms with Crippen LogP contribution in [0.3, 0.4) is 0 Å². The fourth-order valence-electron chi connectivity index (χ4n) is 2.05. The summed E-state index contributed by atoms with van der Waals surface area (Å²) in [6.45, 7) is 4.82. The first-order chi connectivity index (χ1) is 9.74. The fourth-order valence-corrected chi connectivity index (χ4v) is 2.05. The van der Waals surface area contributed by atoms with Crippen LogP contribution in [0.4, 0.5) is 0 Å². The predicted octanol–water partition coefficient (Wildman–Crippen LogP) is 4.27. The Labute approximate surface area is 120 Å². The number of hydrogen-bond donors (Lipinski definition) is 0. The van der Waals surface area contributed by atoms with Gasteiger partial charge in [0.15, 0.2) is 5.78 Å². The maximum absolute atomic E-state index is 12.5. The predicted molar refractivity (Wildman–Crippen MR) is 81.5 cm³/mol. The zero-order valence-corrected chi connectivity index (χ0v) is 12.1. The molecule has 0 aliphatic heterocycles. The number of benzene rings is 2. The van der Waals surface area contributed by atoms with E-state index in [9.17, 15) is 4.79 Å². The molecular weight excluding hydrogens is 248 g/mol. The van der Waals surface area contributed by atoms with Crippen LogP contribution < -0.4 is 4.74 Å². The molecule has 2 rings (SSSR count). The fraction of sp³-hybridized carbons (Fsp3) is 0.278. The van der Waals surface area contributed by atoms with Crippen molar-refractivity contribution in [2.24, 2.45) is 0 Å². The summed E-state index contributed by atoms with van der Waals surface area (Å²) in [5.74, 6) is 0.798. The Morgan fingerprint density at radius 3 is 2.40 bits per heavy atom. The Bertz CT molecular complexity index is 587. The topological polar surface area (TPSA) is 26.3 Å². The number of ether oxygens (including phenoxy) is 1. The van der Waals surface area contributed by atoms with Gasteiger partial charge in [-0.25, -0.2) is 0 Å². The van der Waals surface area contributed by atoms with Gasteiger partial charge in [-0.15, -0.1) is 0 Å². The SMILES string of the molecule is CCCOc1cccc(C(=O)c2cccc(CC)c2)c1. The van der Waals surface area contributed by atoms with Crippen molar-refractivity contribution < 1.29 is 9.53 Å². The van der Waals surface area contributed by atoms with E-state index in [0.29, 0.717) is 12.2 Å². The number of rotatable bonds is 6. The van der Waals surface area contributed by atoms with Gasteiger partial charge in [0, 0.05) is 11.1 Å².